The number of alkyl halides is 1. The molecule has 0 bridgehead atoms. The van der Waals surface area contributed by atoms with Gasteiger partial charge in [0.15, 0.2) is 0 Å². The molecule has 0 aromatic carbocycles. The van der Waals surface area contributed by atoms with E-state index in [-0.39, 0.29) is 17.4 Å². The maximum atomic E-state index is 12.4. The molecule has 0 spiro atoms. The van der Waals surface area contributed by atoms with Crippen molar-refractivity contribution >= 4 is 23.0 Å². The quantitative estimate of drug-likeness (QED) is 0.881. The number of rotatable bonds is 4. The molecule has 2 rings (SSSR count). The fourth-order valence-electron chi connectivity index (χ4n) is 2.18. The van der Waals surface area contributed by atoms with Gasteiger partial charge in [0.05, 0.1) is 17.3 Å². The largest absolute Gasteiger partial charge is 0.349 e. The highest BCUT2D eigenvalue weighted by Crippen LogP contribution is 2.23. The Balaban J connectivity index is 2.23. The molecule has 20 heavy (non-hydrogen) atoms. The summed E-state index contributed by atoms with van der Waals surface area (Å²) in [6.07, 6.45) is 4.17. The second-order valence-electron chi connectivity index (χ2n) is 5.96. The number of amides is 1. The molecule has 2 aromatic rings. The van der Waals surface area contributed by atoms with Gasteiger partial charge in [0.25, 0.3) is 5.91 Å². The number of nitrogens with zero attached hydrogens (tertiary/aromatic N) is 2. The SMILES string of the molecule is CC(C)(C)C(CCCl)NC(=O)c1cnn2ccccc12. The first-order valence-electron chi connectivity index (χ1n) is 6.72. The Morgan fingerprint density at radius 3 is 2.85 bits per heavy atom. The summed E-state index contributed by atoms with van der Waals surface area (Å²) in [5.74, 6) is 0.424. The van der Waals surface area contributed by atoms with Gasteiger partial charge in [-0.1, -0.05) is 26.8 Å². The van der Waals surface area contributed by atoms with E-state index in [0.29, 0.717) is 11.4 Å². The van der Waals surface area contributed by atoms with Crippen molar-refractivity contribution in [3.63, 3.8) is 0 Å². The van der Waals surface area contributed by atoms with Gasteiger partial charge in [-0.05, 0) is 24.0 Å². The van der Waals surface area contributed by atoms with Crippen molar-refractivity contribution in [2.24, 2.45) is 5.41 Å². The second kappa shape index (κ2) is 5.83. The van der Waals surface area contributed by atoms with E-state index in [9.17, 15) is 4.79 Å². The normalized spacial score (nSPS) is 13.4. The molecule has 2 aromatic heterocycles. The molecule has 0 radical (unpaired) electrons. The zero-order valence-corrected chi connectivity index (χ0v) is 12.8. The predicted octanol–water partition coefficient (Wildman–Crippen LogP) is 3.11. The Labute approximate surface area is 124 Å². The van der Waals surface area contributed by atoms with E-state index >= 15 is 0 Å². The number of fused-ring (bicyclic) bond motifs is 1. The molecule has 0 aliphatic rings. The van der Waals surface area contributed by atoms with E-state index in [1.807, 2.05) is 24.4 Å². The first-order chi connectivity index (χ1) is 9.43. The van der Waals surface area contributed by atoms with Gasteiger partial charge in [-0.15, -0.1) is 11.6 Å². The Morgan fingerprint density at radius 1 is 1.45 bits per heavy atom. The number of hydrogen-bond acceptors (Lipinski definition) is 2. The molecule has 0 saturated carbocycles. The van der Waals surface area contributed by atoms with Crippen LogP contribution in [0, 0.1) is 5.41 Å². The molecular weight excluding hydrogens is 274 g/mol. The molecule has 0 fully saturated rings. The minimum Gasteiger partial charge on any atom is -0.349 e. The van der Waals surface area contributed by atoms with E-state index in [0.717, 1.165) is 11.9 Å². The molecule has 4 nitrogen and oxygen atoms in total. The zero-order valence-electron chi connectivity index (χ0n) is 12.1. The van der Waals surface area contributed by atoms with Crippen molar-refractivity contribution in [2.45, 2.75) is 33.2 Å². The third-order valence-electron chi connectivity index (χ3n) is 3.42. The summed E-state index contributed by atoms with van der Waals surface area (Å²) in [4.78, 5) is 12.4. The first-order valence-corrected chi connectivity index (χ1v) is 7.26. The van der Waals surface area contributed by atoms with E-state index in [1.54, 1.807) is 10.7 Å². The lowest BCUT2D eigenvalue weighted by Crippen LogP contribution is -2.44. The molecule has 0 aliphatic carbocycles. The number of carbonyl (C=O) groups is 1. The van der Waals surface area contributed by atoms with Crippen molar-refractivity contribution in [1.82, 2.24) is 14.9 Å². The summed E-state index contributed by atoms with van der Waals surface area (Å²) in [6, 6.07) is 5.70. The monoisotopic (exact) mass is 293 g/mol. The smallest absolute Gasteiger partial charge is 0.255 e. The molecule has 1 unspecified atom stereocenters. The average molecular weight is 294 g/mol. The number of hydrogen-bond donors (Lipinski definition) is 1. The summed E-state index contributed by atoms with van der Waals surface area (Å²) >= 11 is 5.84. The van der Waals surface area contributed by atoms with Crippen LogP contribution < -0.4 is 5.32 Å². The summed E-state index contributed by atoms with van der Waals surface area (Å²) in [5, 5.41) is 7.26. The zero-order chi connectivity index (χ0) is 14.8. The predicted molar refractivity (Wildman–Crippen MR) is 81.2 cm³/mol. The van der Waals surface area contributed by atoms with Crippen LogP contribution >= 0.6 is 11.6 Å². The number of pyridine rings is 1. The van der Waals surface area contributed by atoms with Crippen LogP contribution in [0.15, 0.2) is 30.6 Å². The molecule has 0 aliphatic heterocycles. The minimum atomic E-state index is -0.101. The van der Waals surface area contributed by atoms with E-state index in [2.05, 4.69) is 31.2 Å². The Hall–Kier alpha value is -1.55. The van der Waals surface area contributed by atoms with Crippen LogP contribution in [0.2, 0.25) is 0 Å². The van der Waals surface area contributed by atoms with E-state index < -0.39 is 0 Å². The molecular formula is C15H20ClN3O. The maximum Gasteiger partial charge on any atom is 0.255 e. The van der Waals surface area contributed by atoms with Crippen LogP contribution in [-0.2, 0) is 0 Å². The highest BCUT2D eigenvalue weighted by Gasteiger charge is 2.26. The lowest BCUT2D eigenvalue weighted by Gasteiger charge is -2.31. The first kappa shape index (κ1) is 14.9. The molecule has 1 N–H and O–H groups in total. The fraction of sp³-hybridized carbons (Fsp3) is 0.467. The van der Waals surface area contributed by atoms with Gasteiger partial charge in [-0.3, -0.25) is 4.79 Å². The average Bonchev–Trinajstić information content (AvgIpc) is 2.81. The van der Waals surface area contributed by atoms with E-state index in [1.165, 1.54) is 0 Å². The van der Waals surface area contributed by atoms with Crippen molar-refractivity contribution in [1.29, 1.82) is 0 Å². The molecule has 1 amide bonds. The minimum absolute atomic E-state index is 0.0335. The summed E-state index contributed by atoms with van der Waals surface area (Å²) in [5.41, 5.74) is 1.37. The number of halogens is 1. The standard InChI is InChI=1S/C15H20ClN3O/c1-15(2,3)13(7-8-16)18-14(20)11-10-17-19-9-5-4-6-12(11)19/h4-6,9-10,13H,7-8H2,1-3H3,(H,18,20). The van der Waals surface area contributed by atoms with Crippen molar-refractivity contribution < 1.29 is 4.79 Å². The van der Waals surface area contributed by atoms with Crippen molar-refractivity contribution in [2.75, 3.05) is 5.88 Å². The Kier molecular flexibility index (Phi) is 4.33. The number of carbonyl (C=O) groups excluding carboxylic acids is 1. The van der Waals surface area contributed by atoms with Gasteiger partial charge >= 0.3 is 0 Å². The Morgan fingerprint density at radius 2 is 2.20 bits per heavy atom. The lowest BCUT2D eigenvalue weighted by atomic mass is 9.85. The fourth-order valence-corrected chi connectivity index (χ4v) is 2.39. The van der Waals surface area contributed by atoms with Gasteiger partial charge in [0.2, 0.25) is 0 Å². The summed E-state index contributed by atoms with van der Waals surface area (Å²) in [7, 11) is 0. The topological polar surface area (TPSA) is 46.4 Å². The molecule has 1 atom stereocenters. The van der Waals surface area contributed by atoms with Crippen LogP contribution in [0.1, 0.15) is 37.6 Å². The molecule has 5 heteroatoms. The second-order valence-corrected chi connectivity index (χ2v) is 6.34. The van der Waals surface area contributed by atoms with Gasteiger partial charge < -0.3 is 5.32 Å². The van der Waals surface area contributed by atoms with Crippen molar-refractivity contribution in [3.8, 4) is 0 Å². The highest BCUT2D eigenvalue weighted by atomic mass is 35.5. The van der Waals surface area contributed by atoms with Crippen molar-refractivity contribution in [3.05, 3.63) is 36.2 Å². The number of aromatic nitrogens is 2. The van der Waals surface area contributed by atoms with Gasteiger partial charge in [-0.2, -0.15) is 5.10 Å². The van der Waals surface area contributed by atoms with Crippen LogP contribution in [0.4, 0.5) is 0 Å². The molecule has 108 valence electrons. The van der Waals surface area contributed by atoms with Crippen LogP contribution in [0.25, 0.3) is 5.52 Å². The third kappa shape index (κ3) is 3.12. The summed E-state index contributed by atoms with van der Waals surface area (Å²) in [6.45, 7) is 6.29. The Bertz CT molecular complexity index is 600. The van der Waals surface area contributed by atoms with E-state index in [4.69, 9.17) is 11.6 Å². The molecule has 2 heterocycles. The van der Waals surface area contributed by atoms with Crippen LogP contribution in [0.3, 0.4) is 0 Å². The van der Waals surface area contributed by atoms with Crippen LogP contribution in [0.5, 0.6) is 0 Å². The summed E-state index contributed by atoms with van der Waals surface area (Å²) < 4.78 is 1.70. The lowest BCUT2D eigenvalue weighted by molar-refractivity contribution is 0.0902. The maximum absolute atomic E-state index is 12.4. The van der Waals surface area contributed by atoms with Crippen LogP contribution in [-0.4, -0.2) is 27.4 Å². The van der Waals surface area contributed by atoms with Gasteiger partial charge in [0, 0.05) is 18.1 Å². The highest BCUT2D eigenvalue weighted by molar-refractivity contribution is 6.17. The number of nitrogens with one attached hydrogen (secondary N) is 1. The third-order valence-corrected chi connectivity index (χ3v) is 3.64. The van der Waals surface area contributed by atoms with Gasteiger partial charge in [-0.25, -0.2) is 4.52 Å². The van der Waals surface area contributed by atoms with Gasteiger partial charge in [0.1, 0.15) is 0 Å². The molecule has 0 saturated heterocycles.